The molecule has 2 heterocycles. The Labute approximate surface area is 110 Å². The van der Waals surface area contributed by atoms with Crippen LogP contribution in [0.2, 0.25) is 4.34 Å². The van der Waals surface area contributed by atoms with Crippen LogP contribution in [0.5, 0.6) is 0 Å². The summed E-state index contributed by atoms with van der Waals surface area (Å²) in [6.45, 7) is 0. The average molecular weight is 268 g/mol. The molecule has 2 rings (SSSR count). The maximum Gasteiger partial charge on any atom is 0.0931 e. The number of hydrogen-bond acceptors (Lipinski definition) is 3. The Morgan fingerprint density at radius 3 is 2.82 bits per heavy atom. The van der Waals surface area contributed by atoms with E-state index < -0.39 is 0 Å². The van der Waals surface area contributed by atoms with E-state index in [1.807, 2.05) is 30.3 Å². The van der Waals surface area contributed by atoms with Crippen LogP contribution >= 0.6 is 22.9 Å². The number of pyridine rings is 1. The molecule has 0 aliphatic carbocycles. The van der Waals surface area contributed by atoms with Crippen LogP contribution in [0.3, 0.4) is 0 Å². The Morgan fingerprint density at radius 1 is 1.29 bits per heavy atom. The molecule has 1 atom stereocenters. The molecular formula is C13H14ClNOS. The molecule has 2 aromatic rings. The van der Waals surface area contributed by atoms with Gasteiger partial charge >= 0.3 is 0 Å². The van der Waals surface area contributed by atoms with Crippen molar-refractivity contribution in [1.29, 1.82) is 0 Å². The number of thiophene rings is 1. The normalized spacial score (nSPS) is 12.6. The second kappa shape index (κ2) is 6.15. The summed E-state index contributed by atoms with van der Waals surface area (Å²) in [7, 11) is 0. The fourth-order valence-electron chi connectivity index (χ4n) is 1.66. The predicted molar refractivity (Wildman–Crippen MR) is 71.6 cm³/mol. The lowest BCUT2D eigenvalue weighted by Gasteiger charge is -2.08. The van der Waals surface area contributed by atoms with Gasteiger partial charge in [0.15, 0.2) is 0 Å². The third-order valence-corrected chi connectivity index (χ3v) is 3.78. The molecule has 0 aliphatic heterocycles. The van der Waals surface area contributed by atoms with Gasteiger partial charge in [-0.1, -0.05) is 17.7 Å². The van der Waals surface area contributed by atoms with Crippen LogP contribution in [0.4, 0.5) is 0 Å². The summed E-state index contributed by atoms with van der Waals surface area (Å²) in [4.78, 5) is 5.36. The lowest BCUT2D eigenvalue weighted by atomic mass is 10.1. The van der Waals surface area contributed by atoms with E-state index in [2.05, 4.69) is 4.98 Å². The number of nitrogens with zero attached hydrogens (tertiary/aromatic N) is 1. The van der Waals surface area contributed by atoms with Crippen molar-refractivity contribution in [2.24, 2.45) is 0 Å². The van der Waals surface area contributed by atoms with Crippen molar-refractivity contribution in [2.45, 2.75) is 25.4 Å². The SMILES string of the molecule is OC(CCc1ccccn1)Cc1ccc(Cl)s1. The quantitative estimate of drug-likeness (QED) is 0.901. The van der Waals surface area contributed by atoms with Gasteiger partial charge in [-0.3, -0.25) is 4.98 Å². The van der Waals surface area contributed by atoms with E-state index in [1.54, 1.807) is 6.20 Å². The lowest BCUT2D eigenvalue weighted by Crippen LogP contribution is -2.11. The standard InChI is InChI=1S/C13H14ClNOS/c14-13-7-6-12(17-13)9-11(16)5-4-10-3-1-2-8-15-10/h1-3,6-8,11,16H,4-5,9H2. The molecule has 0 radical (unpaired) electrons. The highest BCUT2D eigenvalue weighted by atomic mass is 35.5. The van der Waals surface area contributed by atoms with E-state index in [1.165, 1.54) is 11.3 Å². The zero-order chi connectivity index (χ0) is 12.1. The Kier molecular flexibility index (Phi) is 4.54. The van der Waals surface area contributed by atoms with Crippen molar-refractivity contribution in [3.63, 3.8) is 0 Å². The number of halogens is 1. The smallest absolute Gasteiger partial charge is 0.0931 e. The maximum absolute atomic E-state index is 9.91. The molecule has 0 aliphatic rings. The largest absolute Gasteiger partial charge is 0.393 e. The molecule has 2 aromatic heterocycles. The second-order valence-electron chi connectivity index (χ2n) is 3.92. The summed E-state index contributed by atoms with van der Waals surface area (Å²) >= 11 is 7.37. The third-order valence-electron chi connectivity index (χ3n) is 2.53. The molecule has 0 spiro atoms. The number of aromatic nitrogens is 1. The number of hydrogen-bond donors (Lipinski definition) is 1. The number of rotatable bonds is 5. The highest BCUT2D eigenvalue weighted by Crippen LogP contribution is 2.23. The highest BCUT2D eigenvalue weighted by Gasteiger charge is 2.08. The van der Waals surface area contributed by atoms with Crippen molar-refractivity contribution < 1.29 is 5.11 Å². The first-order valence-electron chi connectivity index (χ1n) is 5.56. The summed E-state index contributed by atoms with van der Waals surface area (Å²) in [5, 5.41) is 9.91. The van der Waals surface area contributed by atoms with Gasteiger partial charge < -0.3 is 5.11 Å². The first-order valence-corrected chi connectivity index (χ1v) is 6.75. The monoisotopic (exact) mass is 267 g/mol. The predicted octanol–water partition coefficient (Wildman–Crippen LogP) is 3.33. The molecule has 0 saturated carbocycles. The first-order chi connectivity index (χ1) is 8.24. The van der Waals surface area contributed by atoms with Crippen molar-refractivity contribution in [3.8, 4) is 0 Å². The van der Waals surface area contributed by atoms with Crippen LogP contribution in [-0.4, -0.2) is 16.2 Å². The molecule has 0 fully saturated rings. The van der Waals surface area contributed by atoms with Crippen molar-refractivity contribution in [1.82, 2.24) is 4.98 Å². The van der Waals surface area contributed by atoms with Crippen molar-refractivity contribution in [3.05, 3.63) is 51.4 Å². The molecule has 1 N–H and O–H groups in total. The molecule has 0 amide bonds. The summed E-state index contributed by atoms with van der Waals surface area (Å²) < 4.78 is 0.775. The van der Waals surface area contributed by atoms with Crippen LogP contribution in [0, 0.1) is 0 Å². The van der Waals surface area contributed by atoms with Crippen LogP contribution in [0.25, 0.3) is 0 Å². The molecule has 0 saturated heterocycles. The zero-order valence-corrected chi connectivity index (χ0v) is 10.9. The summed E-state index contributed by atoms with van der Waals surface area (Å²) in [5.41, 5.74) is 1.02. The molecular weight excluding hydrogens is 254 g/mol. The van der Waals surface area contributed by atoms with Crippen LogP contribution in [0.1, 0.15) is 17.0 Å². The van der Waals surface area contributed by atoms with E-state index in [9.17, 15) is 5.11 Å². The zero-order valence-electron chi connectivity index (χ0n) is 9.34. The maximum atomic E-state index is 9.91. The summed E-state index contributed by atoms with van der Waals surface area (Å²) in [6, 6.07) is 9.68. The van der Waals surface area contributed by atoms with E-state index in [4.69, 9.17) is 11.6 Å². The number of aliphatic hydroxyl groups is 1. The Hall–Kier alpha value is -0.900. The highest BCUT2D eigenvalue weighted by molar-refractivity contribution is 7.16. The lowest BCUT2D eigenvalue weighted by molar-refractivity contribution is 0.165. The minimum absolute atomic E-state index is 0.327. The van der Waals surface area contributed by atoms with Gasteiger partial charge in [-0.2, -0.15) is 0 Å². The van der Waals surface area contributed by atoms with Gasteiger partial charge in [0, 0.05) is 23.2 Å². The van der Waals surface area contributed by atoms with Gasteiger partial charge in [-0.15, -0.1) is 11.3 Å². The minimum atomic E-state index is -0.327. The van der Waals surface area contributed by atoms with Gasteiger partial charge in [0.1, 0.15) is 0 Å². The molecule has 17 heavy (non-hydrogen) atoms. The fraction of sp³-hybridized carbons (Fsp3) is 0.308. The first kappa shape index (κ1) is 12.6. The average Bonchev–Trinajstić information content (AvgIpc) is 2.73. The summed E-state index contributed by atoms with van der Waals surface area (Å²) in [6.07, 6.45) is 3.66. The molecule has 2 nitrogen and oxygen atoms in total. The van der Waals surface area contributed by atoms with Crippen molar-refractivity contribution >= 4 is 22.9 Å². The van der Waals surface area contributed by atoms with Gasteiger partial charge in [-0.25, -0.2) is 0 Å². The van der Waals surface area contributed by atoms with Crippen LogP contribution < -0.4 is 0 Å². The van der Waals surface area contributed by atoms with Crippen LogP contribution in [-0.2, 0) is 12.8 Å². The molecule has 1 unspecified atom stereocenters. The number of aliphatic hydroxyl groups excluding tert-OH is 1. The topological polar surface area (TPSA) is 33.1 Å². The number of aryl methyl sites for hydroxylation is 1. The fourth-order valence-corrected chi connectivity index (χ4v) is 2.81. The van der Waals surface area contributed by atoms with Gasteiger partial charge in [0.25, 0.3) is 0 Å². The third kappa shape index (κ3) is 4.11. The van der Waals surface area contributed by atoms with E-state index in [0.29, 0.717) is 6.42 Å². The molecule has 0 aromatic carbocycles. The molecule has 0 bridgehead atoms. The Morgan fingerprint density at radius 2 is 2.18 bits per heavy atom. The van der Waals surface area contributed by atoms with Crippen molar-refractivity contribution in [2.75, 3.05) is 0 Å². The Bertz CT molecular complexity index is 457. The Balaban J connectivity index is 1.80. The van der Waals surface area contributed by atoms with E-state index in [0.717, 1.165) is 27.7 Å². The van der Waals surface area contributed by atoms with Gasteiger partial charge in [0.2, 0.25) is 0 Å². The molecule has 4 heteroatoms. The van der Waals surface area contributed by atoms with Gasteiger partial charge in [-0.05, 0) is 37.1 Å². The van der Waals surface area contributed by atoms with Crippen LogP contribution in [0.15, 0.2) is 36.5 Å². The molecule has 90 valence electrons. The van der Waals surface area contributed by atoms with E-state index >= 15 is 0 Å². The van der Waals surface area contributed by atoms with E-state index in [-0.39, 0.29) is 6.10 Å². The minimum Gasteiger partial charge on any atom is -0.393 e. The second-order valence-corrected chi connectivity index (χ2v) is 5.72. The van der Waals surface area contributed by atoms with Gasteiger partial charge in [0.05, 0.1) is 10.4 Å². The summed E-state index contributed by atoms with van der Waals surface area (Å²) in [5.74, 6) is 0.